The fraction of sp³-hybridized carbons (Fsp3) is 0.417. The maximum Gasteiger partial charge on any atom is 0.244 e. The highest BCUT2D eigenvalue weighted by atomic mass is 32.2. The van der Waals surface area contributed by atoms with Crippen LogP contribution in [0.4, 0.5) is 10.1 Å². The molecular weight excluding hydrogens is 445 g/mol. The zero-order valence-corrected chi connectivity index (χ0v) is 20.3. The lowest BCUT2D eigenvalue weighted by Gasteiger charge is -2.31. The van der Waals surface area contributed by atoms with Crippen molar-refractivity contribution in [1.82, 2.24) is 10.2 Å². The second kappa shape index (κ2) is 11.8. The molecule has 2 aromatic rings. The highest BCUT2D eigenvalue weighted by molar-refractivity contribution is 7.92. The largest absolute Gasteiger partial charge is 0.354 e. The van der Waals surface area contributed by atoms with Crippen LogP contribution in [0.15, 0.2) is 54.6 Å². The van der Waals surface area contributed by atoms with Gasteiger partial charge < -0.3 is 10.2 Å². The maximum absolute atomic E-state index is 13.3. The molecule has 0 radical (unpaired) electrons. The summed E-state index contributed by atoms with van der Waals surface area (Å²) in [7, 11) is -3.83. The molecule has 180 valence electrons. The van der Waals surface area contributed by atoms with Gasteiger partial charge in [-0.15, -0.1) is 0 Å². The average Bonchev–Trinajstić information content (AvgIpc) is 2.76. The molecule has 0 bridgehead atoms. The van der Waals surface area contributed by atoms with Gasteiger partial charge in [0.25, 0.3) is 0 Å². The lowest BCUT2D eigenvalue weighted by Crippen LogP contribution is -2.52. The topological polar surface area (TPSA) is 86.8 Å². The van der Waals surface area contributed by atoms with E-state index in [2.05, 4.69) is 5.32 Å². The first-order chi connectivity index (χ1) is 15.5. The van der Waals surface area contributed by atoms with E-state index in [4.69, 9.17) is 0 Å². The Balaban J connectivity index is 2.27. The number of carbonyl (C=O) groups excluding carboxylic acids is 2. The molecule has 0 fully saturated rings. The Morgan fingerprint density at radius 1 is 1.00 bits per heavy atom. The Kier molecular flexibility index (Phi) is 9.40. The normalized spacial score (nSPS) is 12.3. The summed E-state index contributed by atoms with van der Waals surface area (Å²) < 4.78 is 39.1. The lowest BCUT2D eigenvalue weighted by atomic mass is 10.1. The second-order valence-corrected chi connectivity index (χ2v) is 10.3. The number of nitrogens with one attached hydrogen (secondary N) is 1. The van der Waals surface area contributed by atoms with Gasteiger partial charge in [0, 0.05) is 13.1 Å². The van der Waals surface area contributed by atoms with Crippen molar-refractivity contribution in [3.05, 3.63) is 66.0 Å². The molecule has 0 aromatic heterocycles. The number of rotatable bonds is 11. The predicted octanol–water partition coefficient (Wildman–Crippen LogP) is 2.82. The van der Waals surface area contributed by atoms with E-state index >= 15 is 0 Å². The molecule has 0 saturated heterocycles. The van der Waals surface area contributed by atoms with Crippen molar-refractivity contribution < 1.29 is 22.4 Å². The number of hydrogen-bond donors (Lipinski definition) is 1. The first-order valence-corrected chi connectivity index (χ1v) is 12.7. The summed E-state index contributed by atoms with van der Waals surface area (Å²) in [5, 5.41) is 2.83. The minimum atomic E-state index is -3.83. The van der Waals surface area contributed by atoms with Crippen LogP contribution in [0, 0.1) is 11.7 Å². The summed E-state index contributed by atoms with van der Waals surface area (Å²) in [6, 6.07) is 13.6. The SMILES string of the molecule is CC(C)CNC(=O)[C@@H](C)N(CCc1ccccc1)C(=O)CN(c1ccc(F)cc1)S(C)(=O)=O. The van der Waals surface area contributed by atoms with Crippen molar-refractivity contribution in [2.45, 2.75) is 33.2 Å². The van der Waals surface area contributed by atoms with Crippen LogP contribution >= 0.6 is 0 Å². The third-order valence-electron chi connectivity index (χ3n) is 5.13. The van der Waals surface area contributed by atoms with Crippen molar-refractivity contribution in [3.8, 4) is 0 Å². The number of anilines is 1. The van der Waals surface area contributed by atoms with Crippen LogP contribution < -0.4 is 9.62 Å². The summed E-state index contributed by atoms with van der Waals surface area (Å²) in [5.74, 6) is -1.10. The van der Waals surface area contributed by atoms with Gasteiger partial charge in [0.05, 0.1) is 11.9 Å². The Morgan fingerprint density at radius 2 is 1.61 bits per heavy atom. The van der Waals surface area contributed by atoms with Gasteiger partial charge in [0.15, 0.2) is 0 Å². The molecule has 7 nitrogen and oxygen atoms in total. The molecule has 2 rings (SSSR count). The van der Waals surface area contributed by atoms with E-state index in [-0.39, 0.29) is 24.1 Å². The van der Waals surface area contributed by atoms with Crippen LogP contribution in [-0.2, 0) is 26.0 Å². The molecule has 0 saturated carbocycles. The van der Waals surface area contributed by atoms with Crippen molar-refractivity contribution in [2.75, 3.05) is 30.2 Å². The van der Waals surface area contributed by atoms with Gasteiger partial charge in [0.2, 0.25) is 21.8 Å². The summed E-state index contributed by atoms with van der Waals surface area (Å²) in [6.07, 6.45) is 1.49. The number of carbonyl (C=O) groups is 2. The number of sulfonamides is 1. The van der Waals surface area contributed by atoms with E-state index in [1.54, 1.807) is 6.92 Å². The Bertz CT molecular complexity index is 1030. The zero-order valence-electron chi connectivity index (χ0n) is 19.5. The predicted molar refractivity (Wildman–Crippen MR) is 128 cm³/mol. The van der Waals surface area contributed by atoms with Gasteiger partial charge in [-0.2, -0.15) is 0 Å². The van der Waals surface area contributed by atoms with Crippen LogP contribution in [0.2, 0.25) is 0 Å². The van der Waals surface area contributed by atoms with E-state index in [0.29, 0.717) is 13.0 Å². The van der Waals surface area contributed by atoms with Gasteiger partial charge >= 0.3 is 0 Å². The minimum Gasteiger partial charge on any atom is -0.354 e. The van der Waals surface area contributed by atoms with Gasteiger partial charge in [-0.05, 0) is 49.1 Å². The summed E-state index contributed by atoms with van der Waals surface area (Å²) >= 11 is 0. The van der Waals surface area contributed by atoms with E-state index in [1.165, 1.54) is 17.0 Å². The molecule has 0 aliphatic carbocycles. The molecule has 0 aliphatic heterocycles. The molecule has 0 unspecified atom stereocenters. The number of nitrogens with zero attached hydrogens (tertiary/aromatic N) is 2. The lowest BCUT2D eigenvalue weighted by molar-refractivity contribution is -0.138. The Hall–Kier alpha value is -2.94. The molecule has 1 atom stereocenters. The van der Waals surface area contributed by atoms with Crippen LogP contribution in [0.1, 0.15) is 26.3 Å². The summed E-state index contributed by atoms with van der Waals surface area (Å²) in [4.78, 5) is 27.4. The van der Waals surface area contributed by atoms with E-state index in [0.717, 1.165) is 28.3 Å². The smallest absolute Gasteiger partial charge is 0.244 e. The van der Waals surface area contributed by atoms with Crippen molar-refractivity contribution >= 4 is 27.5 Å². The number of benzene rings is 2. The van der Waals surface area contributed by atoms with Gasteiger partial charge in [-0.25, -0.2) is 12.8 Å². The van der Waals surface area contributed by atoms with Crippen LogP contribution in [0.5, 0.6) is 0 Å². The molecule has 0 spiro atoms. The molecule has 9 heteroatoms. The Labute approximate surface area is 195 Å². The van der Waals surface area contributed by atoms with E-state index in [9.17, 15) is 22.4 Å². The zero-order chi connectivity index (χ0) is 24.6. The van der Waals surface area contributed by atoms with Crippen LogP contribution in [0.3, 0.4) is 0 Å². The number of halogens is 1. The third-order valence-corrected chi connectivity index (χ3v) is 6.27. The number of hydrogen-bond acceptors (Lipinski definition) is 4. The van der Waals surface area contributed by atoms with Gasteiger partial charge in [-0.1, -0.05) is 44.2 Å². The minimum absolute atomic E-state index is 0.173. The van der Waals surface area contributed by atoms with Gasteiger partial charge in [0.1, 0.15) is 18.4 Å². The average molecular weight is 478 g/mol. The van der Waals surface area contributed by atoms with Crippen molar-refractivity contribution in [2.24, 2.45) is 5.92 Å². The monoisotopic (exact) mass is 477 g/mol. The quantitative estimate of drug-likeness (QED) is 0.539. The first-order valence-electron chi connectivity index (χ1n) is 10.8. The molecule has 0 heterocycles. The van der Waals surface area contributed by atoms with Gasteiger partial charge in [-0.3, -0.25) is 13.9 Å². The van der Waals surface area contributed by atoms with Crippen LogP contribution in [0.25, 0.3) is 0 Å². The molecule has 2 aromatic carbocycles. The molecule has 2 amide bonds. The Morgan fingerprint density at radius 3 is 2.15 bits per heavy atom. The molecule has 1 N–H and O–H groups in total. The summed E-state index contributed by atoms with van der Waals surface area (Å²) in [6.45, 7) is 5.77. The standard InChI is InChI=1S/C24H32FN3O4S/c1-18(2)16-26-24(30)19(3)27(15-14-20-8-6-5-7-9-20)23(29)17-28(33(4,31)32)22-12-10-21(25)11-13-22/h5-13,18-19H,14-17H2,1-4H3,(H,26,30)/t19-/m1/s1. The summed E-state index contributed by atoms with van der Waals surface area (Å²) in [5.41, 5.74) is 1.16. The first kappa shape index (κ1) is 26.3. The fourth-order valence-corrected chi connectivity index (χ4v) is 4.09. The maximum atomic E-state index is 13.3. The molecular formula is C24H32FN3O4S. The molecule has 0 aliphatic rings. The number of amides is 2. The van der Waals surface area contributed by atoms with Crippen molar-refractivity contribution in [1.29, 1.82) is 0 Å². The van der Waals surface area contributed by atoms with E-state index < -0.39 is 34.3 Å². The highest BCUT2D eigenvalue weighted by Gasteiger charge is 2.29. The third kappa shape index (κ3) is 8.16. The van der Waals surface area contributed by atoms with Crippen LogP contribution in [-0.4, -0.2) is 57.1 Å². The fourth-order valence-electron chi connectivity index (χ4n) is 3.24. The van der Waals surface area contributed by atoms with Crippen molar-refractivity contribution in [3.63, 3.8) is 0 Å². The molecule has 33 heavy (non-hydrogen) atoms. The second-order valence-electron chi connectivity index (χ2n) is 8.38. The highest BCUT2D eigenvalue weighted by Crippen LogP contribution is 2.19. The van der Waals surface area contributed by atoms with E-state index in [1.807, 2.05) is 44.2 Å².